The van der Waals surface area contributed by atoms with Gasteiger partial charge in [0.15, 0.2) is 6.29 Å². The predicted molar refractivity (Wildman–Crippen MR) is 87.9 cm³/mol. The summed E-state index contributed by atoms with van der Waals surface area (Å²) in [5, 5.41) is 0. The van der Waals surface area contributed by atoms with Gasteiger partial charge in [-0.2, -0.15) is 0 Å². The fraction of sp³-hybridized carbons (Fsp3) is 0.250. The van der Waals surface area contributed by atoms with Crippen LogP contribution in [0.2, 0.25) is 0 Å². The van der Waals surface area contributed by atoms with E-state index in [1.807, 2.05) is 24.3 Å². The van der Waals surface area contributed by atoms with Crippen LogP contribution >= 0.6 is 22.6 Å². The maximum absolute atomic E-state index is 5.61. The molecule has 0 aliphatic heterocycles. The van der Waals surface area contributed by atoms with Crippen LogP contribution in [0.15, 0.2) is 48.5 Å². The standard InChI is InChI=1S/C16H17IO3/c1-18-16(19-2)11-20-15-9-5-13(6-10-15)12-3-7-14(17)8-4-12/h3-10,16H,11H2,1-2H3. The number of benzene rings is 2. The first-order valence-electron chi connectivity index (χ1n) is 6.27. The van der Waals surface area contributed by atoms with Gasteiger partial charge in [-0.3, -0.25) is 0 Å². The van der Waals surface area contributed by atoms with Crippen LogP contribution in [0.4, 0.5) is 0 Å². The summed E-state index contributed by atoms with van der Waals surface area (Å²) in [4.78, 5) is 0. The van der Waals surface area contributed by atoms with Crippen LogP contribution in [0.3, 0.4) is 0 Å². The molecule has 4 heteroatoms. The zero-order valence-corrected chi connectivity index (χ0v) is 13.7. The Morgan fingerprint density at radius 2 is 1.35 bits per heavy atom. The van der Waals surface area contributed by atoms with Crippen LogP contribution in [-0.2, 0) is 9.47 Å². The SMILES string of the molecule is COC(COc1ccc(-c2ccc(I)cc2)cc1)OC. The first-order chi connectivity index (χ1) is 9.72. The van der Waals surface area contributed by atoms with Gasteiger partial charge in [-0.25, -0.2) is 0 Å². The largest absolute Gasteiger partial charge is 0.488 e. The monoisotopic (exact) mass is 384 g/mol. The molecule has 3 nitrogen and oxygen atoms in total. The molecule has 0 saturated carbocycles. The Hall–Kier alpha value is -1.11. The van der Waals surface area contributed by atoms with Gasteiger partial charge in [0, 0.05) is 17.8 Å². The van der Waals surface area contributed by atoms with Crippen molar-refractivity contribution in [2.75, 3.05) is 20.8 Å². The predicted octanol–water partition coefficient (Wildman–Crippen LogP) is 3.96. The van der Waals surface area contributed by atoms with Crippen LogP contribution in [0.25, 0.3) is 11.1 Å². The Morgan fingerprint density at radius 3 is 1.85 bits per heavy atom. The molecule has 0 spiro atoms. The lowest BCUT2D eigenvalue weighted by Crippen LogP contribution is -2.21. The molecule has 0 heterocycles. The van der Waals surface area contributed by atoms with Crippen LogP contribution in [0, 0.1) is 3.57 Å². The van der Waals surface area contributed by atoms with E-state index in [4.69, 9.17) is 14.2 Å². The molecule has 0 atom stereocenters. The molecule has 0 aliphatic rings. The van der Waals surface area contributed by atoms with Crippen molar-refractivity contribution >= 4 is 22.6 Å². The van der Waals surface area contributed by atoms with E-state index in [0.717, 1.165) is 5.75 Å². The molecule has 0 aliphatic carbocycles. The van der Waals surface area contributed by atoms with E-state index < -0.39 is 0 Å². The van der Waals surface area contributed by atoms with E-state index in [1.165, 1.54) is 14.7 Å². The molecule has 0 radical (unpaired) electrons. The highest BCUT2D eigenvalue weighted by atomic mass is 127. The molecule has 0 aromatic heterocycles. The van der Waals surface area contributed by atoms with Gasteiger partial charge in [-0.1, -0.05) is 24.3 Å². The first kappa shape index (κ1) is 15.3. The highest BCUT2D eigenvalue weighted by molar-refractivity contribution is 14.1. The van der Waals surface area contributed by atoms with Crippen molar-refractivity contribution in [3.8, 4) is 16.9 Å². The molecular formula is C16H17IO3. The summed E-state index contributed by atoms with van der Waals surface area (Å²) < 4.78 is 17.0. The highest BCUT2D eigenvalue weighted by Gasteiger charge is 2.06. The molecule has 20 heavy (non-hydrogen) atoms. The zero-order chi connectivity index (χ0) is 14.4. The molecular weight excluding hydrogens is 367 g/mol. The number of hydrogen-bond donors (Lipinski definition) is 0. The van der Waals surface area contributed by atoms with Crippen LogP contribution in [0.1, 0.15) is 0 Å². The average molecular weight is 384 g/mol. The molecule has 0 N–H and O–H groups in total. The van der Waals surface area contributed by atoms with E-state index in [1.54, 1.807) is 14.2 Å². The number of halogens is 1. The van der Waals surface area contributed by atoms with Gasteiger partial charge in [0.05, 0.1) is 0 Å². The molecule has 0 amide bonds. The molecule has 2 aromatic rings. The lowest BCUT2D eigenvalue weighted by atomic mass is 10.1. The first-order valence-corrected chi connectivity index (χ1v) is 7.35. The van der Waals surface area contributed by atoms with Crippen molar-refractivity contribution in [2.45, 2.75) is 6.29 Å². The molecule has 2 rings (SSSR count). The molecule has 0 unspecified atom stereocenters. The second-order valence-corrected chi connectivity index (χ2v) is 5.49. The van der Waals surface area contributed by atoms with Gasteiger partial charge in [-0.15, -0.1) is 0 Å². The third-order valence-electron chi connectivity index (χ3n) is 2.94. The van der Waals surface area contributed by atoms with Crippen molar-refractivity contribution in [1.29, 1.82) is 0 Å². The zero-order valence-electron chi connectivity index (χ0n) is 11.5. The summed E-state index contributed by atoms with van der Waals surface area (Å²) >= 11 is 2.30. The van der Waals surface area contributed by atoms with E-state index in [0.29, 0.717) is 6.61 Å². The summed E-state index contributed by atoms with van der Waals surface area (Å²) in [6.45, 7) is 0.371. The highest BCUT2D eigenvalue weighted by Crippen LogP contribution is 2.23. The van der Waals surface area contributed by atoms with Crippen LogP contribution in [-0.4, -0.2) is 27.1 Å². The van der Waals surface area contributed by atoms with Crippen LogP contribution in [0.5, 0.6) is 5.75 Å². The topological polar surface area (TPSA) is 27.7 Å². The van der Waals surface area contributed by atoms with E-state index in [9.17, 15) is 0 Å². The minimum atomic E-state index is -0.342. The van der Waals surface area contributed by atoms with Gasteiger partial charge in [0.25, 0.3) is 0 Å². The Labute approximate surface area is 133 Å². The lowest BCUT2D eigenvalue weighted by Gasteiger charge is -2.14. The average Bonchev–Trinajstić information content (AvgIpc) is 2.50. The second kappa shape index (κ2) is 7.61. The number of rotatable bonds is 6. The Morgan fingerprint density at radius 1 is 0.850 bits per heavy atom. The molecule has 0 bridgehead atoms. The summed E-state index contributed by atoms with van der Waals surface area (Å²) in [6, 6.07) is 16.4. The van der Waals surface area contributed by atoms with Crippen LogP contribution < -0.4 is 4.74 Å². The molecule has 0 saturated heterocycles. The normalized spacial score (nSPS) is 10.8. The van der Waals surface area contributed by atoms with Crippen molar-refractivity contribution in [2.24, 2.45) is 0 Å². The quantitative estimate of drug-likeness (QED) is 0.558. The van der Waals surface area contributed by atoms with E-state index in [2.05, 4.69) is 46.9 Å². The Balaban J connectivity index is 2.01. The number of hydrogen-bond acceptors (Lipinski definition) is 3. The lowest BCUT2D eigenvalue weighted by molar-refractivity contribution is -0.121. The summed E-state index contributed by atoms with van der Waals surface area (Å²) in [5.74, 6) is 0.804. The number of methoxy groups -OCH3 is 2. The third kappa shape index (κ3) is 4.19. The van der Waals surface area contributed by atoms with Gasteiger partial charge >= 0.3 is 0 Å². The smallest absolute Gasteiger partial charge is 0.191 e. The van der Waals surface area contributed by atoms with E-state index >= 15 is 0 Å². The summed E-state index contributed by atoms with van der Waals surface area (Å²) in [5.41, 5.74) is 2.37. The minimum absolute atomic E-state index is 0.342. The molecule has 2 aromatic carbocycles. The van der Waals surface area contributed by atoms with E-state index in [-0.39, 0.29) is 6.29 Å². The van der Waals surface area contributed by atoms with Crippen molar-refractivity contribution < 1.29 is 14.2 Å². The van der Waals surface area contributed by atoms with Gasteiger partial charge in [-0.05, 0) is 58.0 Å². The van der Waals surface area contributed by atoms with Crippen molar-refractivity contribution in [1.82, 2.24) is 0 Å². The Bertz CT molecular complexity index is 518. The van der Waals surface area contributed by atoms with Crippen molar-refractivity contribution in [3.05, 3.63) is 52.1 Å². The van der Waals surface area contributed by atoms with Crippen molar-refractivity contribution in [3.63, 3.8) is 0 Å². The summed E-state index contributed by atoms with van der Waals surface area (Å²) in [6.07, 6.45) is -0.342. The fourth-order valence-electron chi connectivity index (χ4n) is 1.78. The number of ether oxygens (including phenoxy) is 3. The van der Waals surface area contributed by atoms with Gasteiger partial charge in [0.1, 0.15) is 12.4 Å². The second-order valence-electron chi connectivity index (χ2n) is 4.24. The fourth-order valence-corrected chi connectivity index (χ4v) is 2.14. The van der Waals surface area contributed by atoms with Gasteiger partial charge < -0.3 is 14.2 Å². The maximum atomic E-state index is 5.61. The maximum Gasteiger partial charge on any atom is 0.191 e. The van der Waals surface area contributed by atoms with Gasteiger partial charge in [0.2, 0.25) is 0 Å². The minimum Gasteiger partial charge on any atom is -0.488 e. The molecule has 106 valence electrons. The third-order valence-corrected chi connectivity index (χ3v) is 3.66. The molecule has 0 fully saturated rings. The summed E-state index contributed by atoms with van der Waals surface area (Å²) in [7, 11) is 3.19. The Kier molecular flexibility index (Phi) is 5.82.